The number of carbonyl (C=O) groups is 1. The van der Waals surface area contributed by atoms with E-state index in [4.69, 9.17) is 4.42 Å². The van der Waals surface area contributed by atoms with Crippen molar-refractivity contribution in [3.63, 3.8) is 0 Å². The monoisotopic (exact) mass is 392 g/mol. The van der Waals surface area contributed by atoms with Gasteiger partial charge in [0.05, 0.1) is 12.8 Å². The Bertz CT molecular complexity index is 949. The van der Waals surface area contributed by atoms with Crippen LogP contribution in [0.4, 0.5) is 5.69 Å². The molecule has 1 aromatic carbocycles. The molecule has 2 aromatic heterocycles. The molecule has 3 rings (SSSR count). The largest absolute Gasteiger partial charge is 0.467 e. The first kappa shape index (κ1) is 18.2. The normalized spacial score (nSPS) is 12.5. The lowest BCUT2D eigenvalue weighted by atomic mass is 10.2. The van der Waals surface area contributed by atoms with E-state index in [0.717, 1.165) is 11.3 Å². The van der Waals surface area contributed by atoms with E-state index in [2.05, 4.69) is 10.0 Å². The Morgan fingerprint density at radius 3 is 2.54 bits per heavy atom. The van der Waals surface area contributed by atoms with Gasteiger partial charge in [-0.2, -0.15) is 0 Å². The summed E-state index contributed by atoms with van der Waals surface area (Å²) in [5.41, 5.74) is 0.696. The minimum absolute atomic E-state index is 0.000888. The minimum atomic E-state index is -3.63. The van der Waals surface area contributed by atoms with E-state index in [0.29, 0.717) is 17.0 Å². The Labute approximate surface area is 154 Å². The van der Waals surface area contributed by atoms with E-state index in [-0.39, 0.29) is 16.7 Å². The van der Waals surface area contributed by atoms with Gasteiger partial charge < -0.3 is 14.8 Å². The van der Waals surface area contributed by atoms with Crippen LogP contribution in [0.5, 0.6) is 0 Å². The molecule has 0 saturated heterocycles. The van der Waals surface area contributed by atoms with Gasteiger partial charge in [-0.3, -0.25) is 9.52 Å². The summed E-state index contributed by atoms with van der Waals surface area (Å²) in [7, 11) is -3.63. The van der Waals surface area contributed by atoms with Crippen LogP contribution in [0.15, 0.2) is 68.8 Å². The topological polar surface area (TPSA) is 109 Å². The Kier molecular flexibility index (Phi) is 5.40. The number of amides is 1. The number of hydrogen-bond donors (Lipinski definition) is 3. The van der Waals surface area contributed by atoms with Crippen molar-refractivity contribution in [2.24, 2.45) is 0 Å². The molecule has 1 atom stereocenters. The number of carbonyl (C=O) groups excluding carboxylic acids is 1. The smallest absolute Gasteiger partial charge is 0.271 e. The molecular formula is C17H16N2O5S2. The third kappa shape index (κ3) is 4.31. The highest BCUT2D eigenvalue weighted by atomic mass is 32.2. The second-order valence-electron chi connectivity index (χ2n) is 5.36. The third-order valence-corrected chi connectivity index (χ3v) is 6.27. The predicted octanol–water partition coefficient (Wildman–Crippen LogP) is 2.61. The first-order valence-electron chi connectivity index (χ1n) is 7.62. The molecule has 0 fully saturated rings. The molecule has 1 amide bonds. The summed E-state index contributed by atoms with van der Waals surface area (Å²) in [6.45, 7) is -0.000888. The van der Waals surface area contributed by atoms with Crippen LogP contribution in [-0.2, 0) is 10.0 Å². The van der Waals surface area contributed by atoms with Gasteiger partial charge >= 0.3 is 0 Å². The molecule has 0 spiro atoms. The van der Waals surface area contributed by atoms with Gasteiger partial charge in [-0.15, -0.1) is 11.3 Å². The lowest BCUT2D eigenvalue weighted by Crippen LogP contribution is -2.28. The standard InChI is InChI=1S/C17H16N2O5S2/c20-14(15-3-1-9-24-15)11-18-17(21)12-5-7-13(8-6-12)19-26(22,23)16-4-2-10-25-16/h1-10,14,19-20H,11H2,(H,18,21). The molecule has 26 heavy (non-hydrogen) atoms. The number of sulfonamides is 1. The van der Waals surface area contributed by atoms with Crippen LogP contribution in [0.25, 0.3) is 0 Å². The maximum atomic E-state index is 12.2. The Morgan fingerprint density at radius 1 is 1.15 bits per heavy atom. The SMILES string of the molecule is O=C(NCC(O)c1ccco1)c1ccc(NS(=O)(=O)c2cccs2)cc1. The van der Waals surface area contributed by atoms with Crippen molar-refractivity contribution >= 4 is 33.0 Å². The summed E-state index contributed by atoms with van der Waals surface area (Å²) in [4.78, 5) is 12.1. The summed E-state index contributed by atoms with van der Waals surface area (Å²) in [5, 5.41) is 14.2. The predicted molar refractivity (Wildman–Crippen MR) is 97.6 cm³/mol. The Balaban J connectivity index is 1.59. The summed E-state index contributed by atoms with van der Waals surface area (Å²) in [6, 6.07) is 12.4. The number of furan rings is 1. The molecule has 9 heteroatoms. The van der Waals surface area contributed by atoms with Crippen LogP contribution in [0.1, 0.15) is 22.2 Å². The maximum absolute atomic E-state index is 12.2. The fourth-order valence-corrected chi connectivity index (χ4v) is 4.24. The summed E-state index contributed by atoms with van der Waals surface area (Å²) >= 11 is 1.12. The van der Waals surface area contributed by atoms with Crippen molar-refractivity contribution < 1.29 is 22.7 Å². The van der Waals surface area contributed by atoms with Gasteiger partial charge in [-0.25, -0.2) is 8.42 Å². The van der Waals surface area contributed by atoms with E-state index < -0.39 is 16.1 Å². The van der Waals surface area contributed by atoms with Gasteiger partial charge in [0, 0.05) is 11.3 Å². The maximum Gasteiger partial charge on any atom is 0.271 e. The Morgan fingerprint density at radius 2 is 1.92 bits per heavy atom. The van der Waals surface area contributed by atoms with E-state index >= 15 is 0 Å². The quantitative estimate of drug-likeness (QED) is 0.573. The summed E-state index contributed by atoms with van der Waals surface area (Å²) in [5.74, 6) is -0.0214. The fourth-order valence-electron chi connectivity index (χ4n) is 2.18. The number of anilines is 1. The number of aliphatic hydroxyl groups is 1. The molecule has 0 bridgehead atoms. The molecule has 0 aliphatic carbocycles. The zero-order valence-corrected chi connectivity index (χ0v) is 15.1. The van der Waals surface area contributed by atoms with E-state index in [1.807, 2.05) is 0 Å². The fraction of sp³-hybridized carbons (Fsp3) is 0.118. The van der Waals surface area contributed by atoms with Gasteiger partial charge in [-0.1, -0.05) is 6.07 Å². The molecule has 0 saturated carbocycles. The first-order chi connectivity index (χ1) is 12.5. The van der Waals surface area contributed by atoms with Crippen LogP contribution in [0, 0.1) is 0 Å². The van der Waals surface area contributed by atoms with Crippen LogP contribution in [-0.4, -0.2) is 26.0 Å². The van der Waals surface area contributed by atoms with Crippen LogP contribution in [0.2, 0.25) is 0 Å². The number of thiophene rings is 1. The van der Waals surface area contributed by atoms with Crippen LogP contribution < -0.4 is 10.0 Å². The average molecular weight is 392 g/mol. The number of rotatable bonds is 7. The number of benzene rings is 1. The van der Waals surface area contributed by atoms with Crippen molar-refractivity contribution in [2.75, 3.05) is 11.3 Å². The molecule has 3 aromatic rings. The summed E-state index contributed by atoms with van der Waals surface area (Å²) < 4.78 is 32.0. The lowest BCUT2D eigenvalue weighted by Gasteiger charge is -2.10. The number of hydrogen-bond acceptors (Lipinski definition) is 6. The van der Waals surface area contributed by atoms with Crippen molar-refractivity contribution in [1.29, 1.82) is 0 Å². The molecule has 7 nitrogen and oxygen atoms in total. The zero-order valence-electron chi connectivity index (χ0n) is 13.5. The lowest BCUT2D eigenvalue weighted by molar-refractivity contribution is 0.0901. The molecule has 136 valence electrons. The molecule has 3 N–H and O–H groups in total. The van der Waals surface area contributed by atoms with Gasteiger partial charge in [0.1, 0.15) is 16.1 Å². The molecule has 2 heterocycles. The zero-order chi connectivity index (χ0) is 18.6. The van der Waals surface area contributed by atoms with Crippen molar-refractivity contribution in [3.05, 3.63) is 71.5 Å². The number of aliphatic hydroxyl groups excluding tert-OH is 1. The highest BCUT2D eigenvalue weighted by Crippen LogP contribution is 2.20. The molecule has 0 aliphatic rings. The minimum Gasteiger partial charge on any atom is -0.467 e. The average Bonchev–Trinajstić information content (AvgIpc) is 3.33. The molecular weight excluding hydrogens is 376 g/mol. The van der Waals surface area contributed by atoms with Crippen LogP contribution in [0.3, 0.4) is 0 Å². The van der Waals surface area contributed by atoms with E-state index in [1.165, 1.54) is 36.6 Å². The number of nitrogens with one attached hydrogen (secondary N) is 2. The van der Waals surface area contributed by atoms with E-state index in [1.54, 1.807) is 23.6 Å². The van der Waals surface area contributed by atoms with Gasteiger partial charge in [0.25, 0.3) is 15.9 Å². The second-order valence-corrected chi connectivity index (χ2v) is 8.21. The first-order valence-corrected chi connectivity index (χ1v) is 9.98. The molecule has 0 radical (unpaired) electrons. The molecule has 1 unspecified atom stereocenters. The third-order valence-electron chi connectivity index (χ3n) is 3.49. The van der Waals surface area contributed by atoms with Crippen molar-refractivity contribution in [2.45, 2.75) is 10.3 Å². The van der Waals surface area contributed by atoms with Gasteiger partial charge in [0.15, 0.2) is 0 Å². The van der Waals surface area contributed by atoms with Crippen molar-refractivity contribution in [3.8, 4) is 0 Å². The highest BCUT2D eigenvalue weighted by Gasteiger charge is 2.16. The highest BCUT2D eigenvalue weighted by molar-refractivity contribution is 7.94. The van der Waals surface area contributed by atoms with Crippen LogP contribution >= 0.6 is 11.3 Å². The Hall–Kier alpha value is -2.62. The van der Waals surface area contributed by atoms with Gasteiger partial charge in [-0.05, 0) is 47.8 Å². The van der Waals surface area contributed by atoms with Crippen molar-refractivity contribution in [1.82, 2.24) is 5.32 Å². The van der Waals surface area contributed by atoms with E-state index in [9.17, 15) is 18.3 Å². The second kappa shape index (κ2) is 7.73. The molecule has 0 aliphatic heterocycles. The van der Waals surface area contributed by atoms with Gasteiger partial charge in [0.2, 0.25) is 0 Å². The summed E-state index contributed by atoms with van der Waals surface area (Å²) in [6.07, 6.45) is 0.502.